The predicted octanol–water partition coefficient (Wildman–Crippen LogP) is 4.38. The van der Waals surface area contributed by atoms with Gasteiger partial charge in [-0.1, -0.05) is 42.1 Å². The molecule has 0 radical (unpaired) electrons. The first-order valence-electron chi connectivity index (χ1n) is 9.13. The molecule has 30 heavy (non-hydrogen) atoms. The van der Waals surface area contributed by atoms with Crippen LogP contribution in [0.3, 0.4) is 0 Å². The Labute approximate surface area is 180 Å². The van der Waals surface area contributed by atoms with Crippen LogP contribution in [0.1, 0.15) is 17.3 Å². The van der Waals surface area contributed by atoms with Crippen LogP contribution in [0.5, 0.6) is 0 Å². The Hall–Kier alpha value is -3.23. The fourth-order valence-corrected chi connectivity index (χ4v) is 4.63. The van der Waals surface area contributed by atoms with Gasteiger partial charge in [0.1, 0.15) is 4.83 Å². The standard InChI is InChI=1S/C22H17N3O3S2/c1-14(26)16-9-5-6-10-18(16)23-19(27)13-30-22-24-20-17(11-12-29-20)21(28)25(22)15-7-3-2-4-8-15/h2-12H,13H2,1H3,(H,23,27). The number of aromatic nitrogens is 2. The van der Waals surface area contributed by atoms with Crippen molar-refractivity contribution >= 4 is 50.7 Å². The summed E-state index contributed by atoms with van der Waals surface area (Å²) in [6.07, 6.45) is 0. The lowest BCUT2D eigenvalue weighted by molar-refractivity contribution is -0.113. The minimum absolute atomic E-state index is 0.0440. The zero-order valence-corrected chi connectivity index (χ0v) is 17.6. The number of anilines is 1. The Morgan fingerprint density at radius 3 is 2.57 bits per heavy atom. The lowest BCUT2D eigenvalue weighted by Crippen LogP contribution is -2.22. The third-order valence-corrected chi connectivity index (χ3v) is 6.14. The van der Waals surface area contributed by atoms with Gasteiger partial charge in [0.2, 0.25) is 5.91 Å². The van der Waals surface area contributed by atoms with Crippen LogP contribution in [0.25, 0.3) is 15.9 Å². The van der Waals surface area contributed by atoms with E-state index in [1.165, 1.54) is 34.6 Å². The van der Waals surface area contributed by atoms with Crippen LogP contribution in [0.4, 0.5) is 5.69 Å². The van der Waals surface area contributed by atoms with Gasteiger partial charge in [-0.05, 0) is 42.6 Å². The zero-order chi connectivity index (χ0) is 21.1. The lowest BCUT2D eigenvalue weighted by Gasteiger charge is -2.12. The first-order valence-corrected chi connectivity index (χ1v) is 11.0. The largest absolute Gasteiger partial charge is 0.325 e. The molecule has 2 aromatic heterocycles. The maximum atomic E-state index is 13.0. The number of hydrogen-bond donors (Lipinski definition) is 1. The molecule has 0 aliphatic heterocycles. The number of Topliss-reactive ketones (excluding diaryl/α,β-unsaturated/α-hetero) is 1. The number of nitrogens with one attached hydrogen (secondary N) is 1. The monoisotopic (exact) mass is 435 g/mol. The van der Waals surface area contributed by atoms with Crippen LogP contribution < -0.4 is 10.9 Å². The molecule has 8 heteroatoms. The summed E-state index contributed by atoms with van der Waals surface area (Å²) in [5.41, 5.74) is 1.44. The van der Waals surface area contributed by atoms with Crippen LogP contribution >= 0.6 is 23.1 Å². The Bertz CT molecular complexity index is 1300. The van der Waals surface area contributed by atoms with Gasteiger partial charge in [-0.2, -0.15) is 0 Å². The van der Waals surface area contributed by atoms with E-state index in [9.17, 15) is 14.4 Å². The van der Waals surface area contributed by atoms with Gasteiger partial charge in [0.25, 0.3) is 5.56 Å². The highest BCUT2D eigenvalue weighted by Gasteiger charge is 2.16. The third-order valence-electron chi connectivity index (χ3n) is 4.39. The number of amides is 1. The van der Waals surface area contributed by atoms with Crippen molar-refractivity contribution in [1.29, 1.82) is 0 Å². The lowest BCUT2D eigenvalue weighted by atomic mass is 10.1. The summed E-state index contributed by atoms with van der Waals surface area (Å²) < 4.78 is 1.52. The van der Waals surface area contributed by atoms with Gasteiger partial charge in [-0.3, -0.25) is 19.0 Å². The van der Waals surface area contributed by atoms with Crippen molar-refractivity contribution in [2.75, 3.05) is 11.1 Å². The zero-order valence-electron chi connectivity index (χ0n) is 16.0. The molecule has 1 N–H and O–H groups in total. The van der Waals surface area contributed by atoms with Crippen molar-refractivity contribution < 1.29 is 9.59 Å². The number of carbonyl (C=O) groups is 2. The molecular weight excluding hydrogens is 418 g/mol. The third kappa shape index (κ3) is 4.05. The van der Waals surface area contributed by atoms with E-state index in [2.05, 4.69) is 10.3 Å². The molecule has 4 rings (SSSR count). The minimum Gasteiger partial charge on any atom is -0.325 e. The summed E-state index contributed by atoms with van der Waals surface area (Å²) in [7, 11) is 0. The SMILES string of the molecule is CC(=O)c1ccccc1NC(=O)CSc1nc2sccc2c(=O)n1-c1ccccc1. The van der Waals surface area contributed by atoms with Gasteiger partial charge in [0.15, 0.2) is 10.9 Å². The Morgan fingerprint density at radius 2 is 1.80 bits per heavy atom. The highest BCUT2D eigenvalue weighted by atomic mass is 32.2. The number of thiophene rings is 1. The Kier molecular flexibility index (Phi) is 5.78. The van der Waals surface area contributed by atoms with Gasteiger partial charge in [-0.15, -0.1) is 11.3 Å². The smallest absolute Gasteiger partial charge is 0.267 e. The van der Waals surface area contributed by atoms with Crippen LogP contribution in [-0.4, -0.2) is 27.0 Å². The molecule has 0 saturated carbocycles. The quantitative estimate of drug-likeness (QED) is 0.276. The molecule has 0 spiro atoms. The van der Waals surface area contributed by atoms with Gasteiger partial charge in [0.05, 0.1) is 22.5 Å². The average molecular weight is 436 g/mol. The second-order valence-electron chi connectivity index (χ2n) is 6.45. The number of nitrogens with zero attached hydrogens (tertiary/aromatic N) is 2. The highest BCUT2D eigenvalue weighted by Crippen LogP contribution is 2.24. The number of benzene rings is 2. The molecule has 4 aromatic rings. The highest BCUT2D eigenvalue weighted by molar-refractivity contribution is 7.99. The number of fused-ring (bicyclic) bond motifs is 1. The molecule has 2 aromatic carbocycles. The molecule has 0 bridgehead atoms. The van der Waals surface area contributed by atoms with Crippen LogP contribution in [0.2, 0.25) is 0 Å². The van der Waals surface area contributed by atoms with Gasteiger partial charge >= 0.3 is 0 Å². The summed E-state index contributed by atoms with van der Waals surface area (Å²) in [5, 5.41) is 5.59. The molecule has 0 aliphatic rings. The maximum absolute atomic E-state index is 13.0. The van der Waals surface area contributed by atoms with Crippen molar-refractivity contribution in [1.82, 2.24) is 9.55 Å². The van der Waals surface area contributed by atoms with Crippen molar-refractivity contribution in [3.05, 3.63) is 82.0 Å². The van der Waals surface area contributed by atoms with E-state index in [0.29, 0.717) is 32.3 Å². The number of rotatable bonds is 6. The molecule has 0 fully saturated rings. The second-order valence-corrected chi connectivity index (χ2v) is 8.29. The molecular formula is C22H17N3O3S2. The van der Waals surface area contributed by atoms with E-state index in [4.69, 9.17) is 0 Å². The summed E-state index contributed by atoms with van der Waals surface area (Å²) in [4.78, 5) is 42.6. The Balaban J connectivity index is 1.62. The van der Waals surface area contributed by atoms with Crippen molar-refractivity contribution in [3.8, 4) is 5.69 Å². The first kappa shape index (κ1) is 20.1. The number of ketones is 1. The first-order chi connectivity index (χ1) is 14.5. The Morgan fingerprint density at radius 1 is 1.07 bits per heavy atom. The topological polar surface area (TPSA) is 81.1 Å². The van der Waals surface area contributed by atoms with Crippen LogP contribution in [0.15, 0.2) is 76.0 Å². The molecule has 0 atom stereocenters. The van der Waals surface area contributed by atoms with E-state index in [-0.39, 0.29) is 23.0 Å². The van der Waals surface area contributed by atoms with Crippen molar-refractivity contribution in [2.24, 2.45) is 0 Å². The molecule has 150 valence electrons. The van der Waals surface area contributed by atoms with Crippen molar-refractivity contribution in [3.63, 3.8) is 0 Å². The summed E-state index contributed by atoms with van der Waals surface area (Å²) in [6, 6.07) is 17.8. The number of thioether (sulfide) groups is 1. The fourth-order valence-electron chi connectivity index (χ4n) is 3.01. The van der Waals surface area contributed by atoms with Gasteiger partial charge < -0.3 is 5.32 Å². The van der Waals surface area contributed by atoms with Crippen LogP contribution in [-0.2, 0) is 4.79 Å². The van der Waals surface area contributed by atoms with Gasteiger partial charge in [0, 0.05) is 5.56 Å². The minimum atomic E-state index is -0.283. The maximum Gasteiger partial charge on any atom is 0.267 e. The summed E-state index contributed by atoms with van der Waals surface area (Å²) in [5.74, 6) is -0.363. The van der Waals surface area contributed by atoms with E-state index in [1.807, 2.05) is 35.7 Å². The molecule has 6 nitrogen and oxygen atoms in total. The molecule has 0 aliphatic carbocycles. The predicted molar refractivity (Wildman–Crippen MR) is 121 cm³/mol. The molecule has 1 amide bonds. The van der Waals surface area contributed by atoms with E-state index < -0.39 is 0 Å². The fraction of sp³-hybridized carbons (Fsp3) is 0.0909. The van der Waals surface area contributed by atoms with E-state index >= 15 is 0 Å². The molecule has 2 heterocycles. The normalized spacial score (nSPS) is 10.8. The number of hydrogen-bond acceptors (Lipinski definition) is 6. The van der Waals surface area contributed by atoms with Crippen molar-refractivity contribution in [2.45, 2.75) is 12.1 Å². The van der Waals surface area contributed by atoms with Gasteiger partial charge in [-0.25, -0.2) is 4.98 Å². The van der Waals surface area contributed by atoms with E-state index in [0.717, 1.165) is 0 Å². The number of para-hydroxylation sites is 2. The second kappa shape index (κ2) is 8.64. The van der Waals surface area contributed by atoms with Crippen LogP contribution in [0, 0.1) is 0 Å². The summed E-state index contributed by atoms with van der Waals surface area (Å²) in [6.45, 7) is 1.46. The summed E-state index contributed by atoms with van der Waals surface area (Å²) >= 11 is 2.56. The average Bonchev–Trinajstić information content (AvgIpc) is 3.22. The molecule has 0 saturated heterocycles. The van der Waals surface area contributed by atoms with E-state index in [1.54, 1.807) is 30.3 Å². The number of carbonyl (C=O) groups excluding carboxylic acids is 2. The molecule has 0 unspecified atom stereocenters.